The van der Waals surface area contributed by atoms with Gasteiger partial charge in [-0.15, -0.1) is 0 Å². The smallest absolute Gasteiger partial charge is 0.313 e. The molecule has 3 aromatic heterocycles. The summed E-state index contributed by atoms with van der Waals surface area (Å²) >= 11 is 0. The predicted molar refractivity (Wildman–Crippen MR) is 73.1 cm³/mol. The van der Waals surface area contributed by atoms with Crippen LogP contribution < -0.4 is 5.56 Å². The Hall–Kier alpha value is -2.75. The van der Waals surface area contributed by atoms with E-state index in [-0.39, 0.29) is 11.1 Å². The largest absolute Gasteiger partial charge is 0.450 e. The summed E-state index contributed by atoms with van der Waals surface area (Å²) in [5.74, 6) is 0. The molecule has 0 radical (unpaired) electrons. The molecule has 4 heteroatoms. The number of nitrogens with zero attached hydrogens (tertiary/aromatic N) is 2. The van der Waals surface area contributed by atoms with Gasteiger partial charge in [0.15, 0.2) is 0 Å². The van der Waals surface area contributed by atoms with E-state index in [2.05, 4.69) is 9.97 Å². The van der Waals surface area contributed by atoms with Crippen LogP contribution in [-0.4, -0.2) is 9.97 Å². The van der Waals surface area contributed by atoms with Crippen molar-refractivity contribution in [3.63, 3.8) is 0 Å². The van der Waals surface area contributed by atoms with Crippen molar-refractivity contribution in [1.29, 1.82) is 0 Å². The second-order valence-corrected chi connectivity index (χ2v) is 4.30. The Morgan fingerprint density at radius 3 is 2.58 bits per heavy atom. The fourth-order valence-corrected chi connectivity index (χ4v) is 2.40. The molecule has 0 aliphatic rings. The summed E-state index contributed by atoms with van der Waals surface area (Å²) in [5.41, 5.74) is 1.50. The topological polar surface area (TPSA) is 56.0 Å². The van der Waals surface area contributed by atoms with Gasteiger partial charge in [0.1, 0.15) is 5.58 Å². The van der Waals surface area contributed by atoms with Gasteiger partial charge in [-0.1, -0.05) is 6.07 Å². The van der Waals surface area contributed by atoms with E-state index in [1.807, 2.05) is 30.3 Å². The van der Waals surface area contributed by atoms with Gasteiger partial charge in [0.25, 0.3) is 0 Å². The summed E-state index contributed by atoms with van der Waals surface area (Å²) in [7, 11) is 0. The monoisotopic (exact) mass is 248 g/mol. The first kappa shape index (κ1) is 10.2. The summed E-state index contributed by atoms with van der Waals surface area (Å²) in [6.07, 6.45) is 3.23. The van der Waals surface area contributed by atoms with E-state index in [9.17, 15) is 4.79 Å². The van der Waals surface area contributed by atoms with Gasteiger partial charge in [0.2, 0.25) is 5.58 Å². The third kappa shape index (κ3) is 1.37. The molecule has 3 heterocycles. The van der Waals surface area contributed by atoms with Crippen LogP contribution in [0.2, 0.25) is 0 Å². The summed E-state index contributed by atoms with van der Waals surface area (Å²) in [5, 5.41) is 2.66. The van der Waals surface area contributed by atoms with Crippen LogP contribution in [0.3, 0.4) is 0 Å². The van der Waals surface area contributed by atoms with Crippen LogP contribution >= 0.6 is 0 Å². The first-order chi connectivity index (χ1) is 9.34. The number of pyridine rings is 1. The van der Waals surface area contributed by atoms with Crippen molar-refractivity contribution in [3.05, 3.63) is 59.1 Å². The van der Waals surface area contributed by atoms with Gasteiger partial charge in [-0.3, -0.25) is 9.78 Å². The number of rotatable bonds is 0. The van der Waals surface area contributed by atoms with Gasteiger partial charge >= 0.3 is 5.56 Å². The molecule has 90 valence electrons. The first-order valence-corrected chi connectivity index (χ1v) is 5.90. The van der Waals surface area contributed by atoms with Gasteiger partial charge in [0.05, 0.1) is 5.52 Å². The normalized spacial score (nSPS) is 11.4. The molecule has 0 amide bonds. The number of furan rings is 1. The zero-order valence-corrected chi connectivity index (χ0v) is 9.83. The highest BCUT2D eigenvalue weighted by atomic mass is 16.3. The maximum atomic E-state index is 11.9. The van der Waals surface area contributed by atoms with Crippen molar-refractivity contribution in [2.75, 3.05) is 0 Å². The van der Waals surface area contributed by atoms with E-state index in [4.69, 9.17) is 4.42 Å². The Bertz CT molecular complexity index is 989. The van der Waals surface area contributed by atoms with Crippen molar-refractivity contribution < 1.29 is 4.42 Å². The lowest BCUT2D eigenvalue weighted by atomic mass is 10.1. The van der Waals surface area contributed by atoms with E-state index in [0.717, 1.165) is 21.7 Å². The second-order valence-electron chi connectivity index (χ2n) is 4.30. The third-order valence-corrected chi connectivity index (χ3v) is 3.21. The van der Waals surface area contributed by atoms with E-state index in [0.29, 0.717) is 5.58 Å². The minimum atomic E-state index is -0.353. The van der Waals surface area contributed by atoms with Crippen LogP contribution in [-0.2, 0) is 0 Å². The van der Waals surface area contributed by atoms with Crippen LogP contribution in [0.4, 0.5) is 0 Å². The fraction of sp³-hybridized carbons (Fsp3) is 0. The van der Waals surface area contributed by atoms with Gasteiger partial charge < -0.3 is 4.42 Å². The van der Waals surface area contributed by atoms with Gasteiger partial charge in [-0.2, -0.15) is 0 Å². The number of hydrogen-bond donors (Lipinski definition) is 0. The Balaban J connectivity index is 2.41. The molecule has 0 unspecified atom stereocenters. The Kier molecular flexibility index (Phi) is 1.94. The van der Waals surface area contributed by atoms with Crippen molar-refractivity contribution in [1.82, 2.24) is 9.97 Å². The van der Waals surface area contributed by atoms with Gasteiger partial charge in [-0.05, 0) is 30.3 Å². The van der Waals surface area contributed by atoms with E-state index in [1.54, 1.807) is 12.3 Å². The molecule has 0 aliphatic heterocycles. The maximum Gasteiger partial charge on any atom is 0.313 e. The molecule has 4 rings (SSSR count). The van der Waals surface area contributed by atoms with E-state index >= 15 is 0 Å². The average molecular weight is 248 g/mol. The van der Waals surface area contributed by atoms with Crippen LogP contribution in [0.1, 0.15) is 0 Å². The minimum Gasteiger partial charge on any atom is -0.450 e. The quantitative estimate of drug-likeness (QED) is 0.480. The highest BCUT2D eigenvalue weighted by Crippen LogP contribution is 2.31. The SMILES string of the molecule is O=c1ncccc2c1oc1ccc3ncccc3c12. The summed E-state index contributed by atoms with van der Waals surface area (Å²) in [6.45, 7) is 0. The number of benzene rings is 1. The Labute approximate surface area is 107 Å². The van der Waals surface area contributed by atoms with Crippen molar-refractivity contribution in [3.8, 4) is 0 Å². The zero-order valence-electron chi connectivity index (χ0n) is 9.83. The van der Waals surface area contributed by atoms with Crippen LogP contribution in [0.25, 0.3) is 32.8 Å². The second kappa shape index (κ2) is 3.62. The molecular formula is C15H8N2O2. The van der Waals surface area contributed by atoms with Crippen LogP contribution in [0.5, 0.6) is 0 Å². The lowest BCUT2D eigenvalue weighted by Crippen LogP contribution is -1.98. The summed E-state index contributed by atoms with van der Waals surface area (Å²) in [6, 6.07) is 11.2. The minimum absolute atomic E-state index is 0.288. The molecule has 0 fully saturated rings. The molecule has 4 aromatic rings. The first-order valence-electron chi connectivity index (χ1n) is 5.90. The lowest BCUT2D eigenvalue weighted by molar-refractivity contribution is 0.663. The molecule has 0 saturated heterocycles. The lowest BCUT2D eigenvalue weighted by Gasteiger charge is -1.96. The van der Waals surface area contributed by atoms with Gasteiger partial charge in [0, 0.05) is 28.6 Å². The molecule has 0 aliphatic carbocycles. The number of fused-ring (bicyclic) bond motifs is 5. The van der Waals surface area contributed by atoms with E-state index in [1.165, 1.54) is 6.20 Å². The molecule has 0 saturated carbocycles. The maximum absolute atomic E-state index is 11.9. The summed E-state index contributed by atoms with van der Waals surface area (Å²) in [4.78, 5) is 20.0. The van der Waals surface area contributed by atoms with Crippen molar-refractivity contribution >= 4 is 32.8 Å². The third-order valence-electron chi connectivity index (χ3n) is 3.21. The van der Waals surface area contributed by atoms with Gasteiger partial charge in [-0.25, -0.2) is 4.98 Å². The fourth-order valence-electron chi connectivity index (χ4n) is 2.40. The van der Waals surface area contributed by atoms with E-state index < -0.39 is 0 Å². The molecule has 19 heavy (non-hydrogen) atoms. The standard InChI is InChI=1S/C15H8N2O2/c18-15-14-10(4-2-8-17-15)13-9-3-1-7-16-11(9)5-6-12(13)19-14/h1-8H. The molecule has 0 atom stereocenters. The Morgan fingerprint density at radius 1 is 0.895 bits per heavy atom. The zero-order chi connectivity index (χ0) is 12.8. The van der Waals surface area contributed by atoms with Crippen molar-refractivity contribution in [2.45, 2.75) is 0 Å². The summed E-state index contributed by atoms with van der Waals surface area (Å²) < 4.78 is 5.65. The molecule has 1 aromatic carbocycles. The average Bonchev–Trinajstić information content (AvgIpc) is 2.73. The Morgan fingerprint density at radius 2 is 1.68 bits per heavy atom. The highest BCUT2D eigenvalue weighted by molar-refractivity contribution is 6.17. The number of hydrogen-bond acceptors (Lipinski definition) is 4. The van der Waals surface area contributed by atoms with Crippen molar-refractivity contribution in [2.24, 2.45) is 0 Å². The molecule has 0 spiro atoms. The number of aromatic nitrogens is 2. The molecule has 0 bridgehead atoms. The highest BCUT2D eigenvalue weighted by Gasteiger charge is 2.12. The predicted octanol–water partition coefficient (Wildman–Crippen LogP) is 2.89. The molecular weight excluding hydrogens is 240 g/mol. The van der Waals surface area contributed by atoms with Crippen LogP contribution in [0, 0.1) is 0 Å². The molecule has 4 nitrogen and oxygen atoms in total. The van der Waals surface area contributed by atoms with Crippen LogP contribution in [0.15, 0.2) is 58.0 Å². The molecule has 0 N–H and O–H groups in total.